The normalized spacial score (nSPS) is 23.5. The molecule has 2 saturated heterocycles. The Morgan fingerprint density at radius 1 is 1.37 bits per heavy atom. The zero-order valence-electron chi connectivity index (χ0n) is 16.1. The van der Waals surface area contributed by atoms with Gasteiger partial charge < -0.3 is 19.1 Å². The van der Waals surface area contributed by atoms with Gasteiger partial charge in [-0.15, -0.1) is 0 Å². The van der Waals surface area contributed by atoms with E-state index in [1.54, 1.807) is 6.92 Å². The van der Waals surface area contributed by atoms with Crippen LogP contribution >= 0.6 is 15.9 Å². The Labute approximate surface area is 169 Å². The first-order valence-electron chi connectivity index (χ1n) is 9.73. The Hall–Kier alpha value is -1.37. The zero-order chi connectivity index (χ0) is 19.2. The summed E-state index contributed by atoms with van der Waals surface area (Å²) in [5.74, 6) is -0.277. The highest BCUT2D eigenvalue weighted by atomic mass is 79.9. The number of esters is 1. The Morgan fingerprint density at radius 3 is 2.96 bits per heavy atom. The van der Waals surface area contributed by atoms with Gasteiger partial charge in [0.15, 0.2) is 6.29 Å². The van der Waals surface area contributed by atoms with E-state index in [2.05, 4.69) is 26.9 Å². The van der Waals surface area contributed by atoms with Crippen molar-refractivity contribution in [3.63, 3.8) is 0 Å². The molecular formula is C21H28BrNO4. The van der Waals surface area contributed by atoms with Crippen LogP contribution in [-0.4, -0.2) is 44.7 Å². The number of benzene rings is 1. The van der Waals surface area contributed by atoms with Gasteiger partial charge in [0.05, 0.1) is 12.7 Å². The van der Waals surface area contributed by atoms with E-state index >= 15 is 0 Å². The predicted molar refractivity (Wildman–Crippen MR) is 110 cm³/mol. The van der Waals surface area contributed by atoms with E-state index in [0.29, 0.717) is 12.2 Å². The van der Waals surface area contributed by atoms with Gasteiger partial charge in [0.25, 0.3) is 0 Å². The Kier molecular flexibility index (Phi) is 7.33. The summed E-state index contributed by atoms with van der Waals surface area (Å²) in [4.78, 5) is 14.3. The molecule has 2 heterocycles. The van der Waals surface area contributed by atoms with Crippen LogP contribution in [0.5, 0.6) is 0 Å². The van der Waals surface area contributed by atoms with Crippen LogP contribution in [0.3, 0.4) is 0 Å². The van der Waals surface area contributed by atoms with Crippen LogP contribution in [0.4, 0.5) is 5.69 Å². The smallest absolute Gasteiger partial charge is 0.333 e. The molecule has 0 spiro atoms. The third kappa shape index (κ3) is 5.56. The molecule has 148 valence electrons. The molecule has 1 aromatic rings. The lowest BCUT2D eigenvalue weighted by atomic mass is 10.1. The molecule has 0 N–H and O–H groups in total. The van der Waals surface area contributed by atoms with Crippen molar-refractivity contribution in [1.82, 2.24) is 0 Å². The predicted octanol–water partition coefficient (Wildman–Crippen LogP) is 4.54. The lowest BCUT2D eigenvalue weighted by Crippen LogP contribution is -2.30. The fraction of sp³-hybridized carbons (Fsp3) is 0.571. The fourth-order valence-electron chi connectivity index (χ4n) is 3.56. The number of anilines is 1. The van der Waals surface area contributed by atoms with Crippen LogP contribution in [0.1, 0.15) is 45.1 Å². The second-order valence-corrected chi connectivity index (χ2v) is 7.96. The lowest BCUT2D eigenvalue weighted by molar-refractivity contribution is -0.183. The van der Waals surface area contributed by atoms with E-state index in [1.165, 1.54) is 6.42 Å². The van der Waals surface area contributed by atoms with E-state index in [-0.39, 0.29) is 18.4 Å². The maximum Gasteiger partial charge on any atom is 0.333 e. The van der Waals surface area contributed by atoms with Gasteiger partial charge in [-0.05, 0) is 69.4 Å². The molecule has 0 aromatic heterocycles. The number of hydrogen-bond donors (Lipinski definition) is 0. The van der Waals surface area contributed by atoms with Gasteiger partial charge in [0, 0.05) is 35.4 Å². The topological polar surface area (TPSA) is 48.0 Å². The van der Waals surface area contributed by atoms with Crippen LogP contribution in [0.25, 0.3) is 6.08 Å². The first kappa shape index (κ1) is 20.4. The van der Waals surface area contributed by atoms with Crippen molar-refractivity contribution in [3.05, 3.63) is 33.8 Å². The molecule has 2 fully saturated rings. The van der Waals surface area contributed by atoms with E-state index in [0.717, 1.165) is 54.7 Å². The van der Waals surface area contributed by atoms with E-state index in [9.17, 15) is 4.79 Å². The van der Waals surface area contributed by atoms with Gasteiger partial charge in [-0.25, -0.2) is 4.79 Å². The van der Waals surface area contributed by atoms with E-state index in [4.69, 9.17) is 14.2 Å². The minimum atomic E-state index is -0.277. The third-order valence-corrected chi connectivity index (χ3v) is 5.42. The molecule has 27 heavy (non-hydrogen) atoms. The van der Waals surface area contributed by atoms with Crippen LogP contribution in [0, 0.1) is 0 Å². The number of ether oxygens (including phenoxy) is 3. The summed E-state index contributed by atoms with van der Waals surface area (Å²) >= 11 is 3.54. The number of carbonyl (C=O) groups is 1. The molecule has 2 atom stereocenters. The highest BCUT2D eigenvalue weighted by molar-refractivity contribution is 9.10. The van der Waals surface area contributed by atoms with Gasteiger partial charge in [0.1, 0.15) is 0 Å². The van der Waals surface area contributed by atoms with Crippen molar-refractivity contribution < 1.29 is 19.0 Å². The van der Waals surface area contributed by atoms with E-state index in [1.807, 2.05) is 25.1 Å². The second-order valence-electron chi connectivity index (χ2n) is 7.04. The highest BCUT2D eigenvalue weighted by Crippen LogP contribution is 2.31. The van der Waals surface area contributed by atoms with Crippen LogP contribution in [0.15, 0.2) is 28.2 Å². The summed E-state index contributed by atoms with van der Waals surface area (Å²) in [5, 5.41) is 0. The highest BCUT2D eigenvalue weighted by Gasteiger charge is 2.28. The van der Waals surface area contributed by atoms with Crippen molar-refractivity contribution in [2.24, 2.45) is 0 Å². The number of rotatable bonds is 6. The van der Waals surface area contributed by atoms with Crippen molar-refractivity contribution in [2.45, 2.75) is 51.9 Å². The van der Waals surface area contributed by atoms with Crippen LogP contribution in [-0.2, 0) is 19.0 Å². The molecule has 3 rings (SSSR count). The van der Waals surface area contributed by atoms with Crippen molar-refractivity contribution in [3.8, 4) is 0 Å². The Morgan fingerprint density at radius 2 is 2.22 bits per heavy atom. The number of halogens is 1. The average molecular weight is 438 g/mol. The molecule has 0 bridgehead atoms. The summed E-state index contributed by atoms with van der Waals surface area (Å²) in [7, 11) is 0. The molecule has 2 aliphatic heterocycles. The van der Waals surface area contributed by atoms with Crippen molar-refractivity contribution in [1.29, 1.82) is 0 Å². The first-order valence-corrected chi connectivity index (χ1v) is 10.5. The SMILES string of the molecule is CCOC(=O)C(C)=Cc1cc(Br)ccc1N1CCC(OC2CCCCO2)C1. The standard InChI is InChI=1S/C21H28BrNO4/c1-3-25-21(24)15(2)12-16-13-17(22)7-8-19(16)23-10-9-18(14-23)27-20-6-4-5-11-26-20/h7-8,12-13,18,20H,3-6,9-11,14H2,1-2H3. The summed E-state index contributed by atoms with van der Waals surface area (Å²) in [5.41, 5.74) is 2.71. The Balaban J connectivity index is 1.71. The average Bonchev–Trinajstić information content (AvgIpc) is 3.11. The molecular weight excluding hydrogens is 410 g/mol. The van der Waals surface area contributed by atoms with Gasteiger partial charge in [-0.2, -0.15) is 0 Å². The zero-order valence-corrected chi connectivity index (χ0v) is 17.7. The quantitative estimate of drug-likeness (QED) is 0.482. The maximum atomic E-state index is 12.0. The molecule has 0 radical (unpaired) electrons. The monoisotopic (exact) mass is 437 g/mol. The number of hydrogen-bond acceptors (Lipinski definition) is 5. The molecule has 0 aliphatic carbocycles. The minimum Gasteiger partial charge on any atom is -0.463 e. The summed E-state index contributed by atoms with van der Waals surface area (Å²) in [6, 6.07) is 6.16. The maximum absolute atomic E-state index is 12.0. The molecule has 0 amide bonds. The summed E-state index contributed by atoms with van der Waals surface area (Å²) < 4.78 is 18.0. The number of nitrogens with zero attached hydrogens (tertiary/aromatic N) is 1. The van der Waals surface area contributed by atoms with Gasteiger partial charge in [0.2, 0.25) is 0 Å². The minimum absolute atomic E-state index is 0.0564. The van der Waals surface area contributed by atoms with Gasteiger partial charge in [-0.1, -0.05) is 15.9 Å². The molecule has 2 aliphatic rings. The van der Waals surface area contributed by atoms with Crippen LogP contribution in [0.2, 0.25) is 0 Å². The fourth-order valence-corrected chi connectivity index (χ4v) is 3.94. The summed E-state index contributed by atoms with van der Waals surface area (Å²) in [6.07, 6.45) is 6.30. The van der Waals surface area contributed by atoms with Gasteiger partial charge >= 0.3 is 5.97 Å². The van der Waals surface area contributed by atoms with Crippen LogP contribution < -0.4 is 4.90 Å². The third-order valence-electron chi connectivity index (χ3n) is 4.93. The van der Waals surface area contributed by atoms with E-state index < -0.39 is 0 Å². The molecule has 5 nitrogen and oxygen atoms in total. The number of carbonyl (C=O) groups excluding carboxylic acids is 1. The van der Waals surface area contributed by atoms with Crippen molar-refractivity contribution >= 4 is 33.7 Å². The molecule has 2 unspecified atom stereocenters. The molecule has 6 heteroatoms. The molecule has 1 aromatic carbocycles. The largest absolute Gasteiger partial charge is 0.463 e. The van der Waals surface area contributed by atoms with Crippen molar-refractivity contribution in [2.75, 3.05) is 31.2 Å². The second kappa shape index (κ2) is 9.71. The van der Waals surface area contributed by atoms with Gasteiger partial charge in [-0.3, -0.25) is 0 Å². The first-order chi connectivity index (χ1) is 13.1. The Bertz CT molecular complexity index is 685. The molecule has 0 saturated carbocycles. The summed E-state index contributed by atoms with van der Waals surface area (Å²) in [6.45, 7) is 6.55. The lowest BCUT2D eigenvalue weighted by Gasteiger charge is -2.26.